The number of hydrogen-bond donors (Lipinski definition) is 1. The zero-order valence-electron chi connectivity index (χ0n) is 11.9. The van der Waals surface area contributed by atoms with Gasteiger partial charge in [-0.3, -0.25) is 4.79 Å². The van der Waals surface area contributed by atoms with Crippen molar-refractivity contribution in [3.63, 3.8) is 0 Å². The molecule has 0 aromatic heterocycles. The van der Waals surface area contributed by atoms with Crippen molar-refractivity contribution in [1.29, 1.82) is 0 Å². The van der Waals surface area contributed by atoms with Gasteiger partial charge in [0.2, 0.25) is 5.91 Å². The Balaban J connectivity index is 2.02. The second-order valence-corrected chi connectivity index (χ2v) is 5.69. The molecule has 0 aliphatic heterocycles. The van der Waals surface area contributed by atoms with Crippen molar-refractivity contribution in [2.75, 3.05) is 6.54 Å². The molecular formula is C16H24N2O. The molecular weight excluding hydrogens is 236 g/mol. The number of benzene rings is 1. The highest BCUT2D eigenvalue weighted by atomic mass is 16.2. The maximum absolute atomic E-state index is 12.1. The van der Waals surface area contributed by atoms with Crippen LogP contribution in [0.4, 0.5) is 0 Å². The quantitative estimate of drug-likeness (QED) is 0.854. The average molecular weight is 260 g/mol. The molecule has 3 heteroatoms. The maximum Gasteiger partial charge on any atom is 0.224 e. The van der Waals surface area contributed by atoms with Crippen LogP contribution in [-0.4, -0.2) is 23.4 Å². The van der Waals surface area contributed by atoms with Crippen LogP contribution in [0.25, 0.3) is 0 Å². The maximum atomic E-state index is 12.1. The van der Waals surface area contributed by atoms with Gasteiger partial charge in [0.25, 0.3) is 0 Å². The third-order valence-electron chi connectivity index (χ3n) is 3.67. The third kappa shape index (κ3) is 3.80. The lowest BCUT2D eigenvalue weighted by Gasteiger charge is -2.22. The molecule has 1 aromatic carbocycles. The zero-order valence-corrected chi connectivity index (χ0v) is 11.9. The molecule has 1 saturated carbocycles. The molecule has 0 radical (unpaired) electrons. The summed E-state index contributed by atoms with van der Waals surface area (Å²) in [5.74, 6) is 0.741. The zero-order chi connectivity index (χ0) is 13.8. The van der Waals surface area contributed by atoms with Gasteiger partial charge in [0, 0.05) is 25.6 Å². The number of carbonyl (C=O) groups is 1. The van der Waals surface area contributed by atoms with E-state index in [1.807, 2.05) is 4.90 Å². The smallest absolute Gasteiger partial charge is 0.224 e. The molecule has 0 saturated heterocycles. The first kappa shape index (κ1) is 14.1. The van der Waals surface area contributed by atoms with Gasteiger partial charge in [-0.1, -0.05) is 38.1 Å². The molecule has 1 aromatic rings. The summed E-state index contributed by atoms with van der Waals surface area (Å²) in [7, 11) is 0. The Labute approximate surface area is 115 Å². The summed E-state index contributed by atoms with van der Waals surface area (Å²) in [4.78, 5) is 14.0. The lowest BCUT2D eigenvalue weighted by atomic mass is 10.0. The summed E-state index contributed by atoms with van der Waals surface area (Å²) in [5.41, 5.74) is 8.04. The Morgan fingerprint density at radius 1 is 1.32 bits per heavy atom. The van der Waals surface area contributed by atoms with E-state index in [-0.39, 0.29) is 5.91 Å². The van der Waals surface area contributed by atoms with Gasteiger partial charge in [0.05, 0.1) is 0 Å². The number of nitrogens with zero attached hydrogens (tertiary/aromatic N) is 1. The minimum Gasteiger partial charge on any atom is -0.335 e. The molecule has 1 aliphatic carbocycles. The Kier molecular flexibility index (Phi) is 4.59. The van der Waals surface area contributed by atoms with Crippen LogP contribution in [0.3, 0.4) is 0 Å². The van der Waals surface area contributed by atoms with Gasteiger partial charge in [-0.05, 0) is 29.9 Å². The molecule has 1 aliphatic rings. The van der Waals surface area contributed by atoms with Crippen LogP contribution in [0.2, 0.25) is 0 Å². The van der Waals surface area contributed by atoms with Crippen LogP contribution in [0, 0.1) is 0 Å². The van der Waals surface area contributed by atoms with E-state index < -0.39 is 0 Å². The predicted molar refractivity (Wildman–Crippen MR) is 77.8 cm³/mol. The summed E-state index contributed by atoms with van der Waals surface area (Å²) >= 11 is 0. The number of hydrogen-bond acceptors (Lipinski definition) is 2. The number of amides is 1. The first-order valence-corrected chi connectivity index (χ1v) is 7.20. The van der Waals surface area contributed by atoms with E-state index in [0.29, 0.717) is 24.9 Å². The van der Waals surface area contributed by atoms with E-state index in [4.69, 9.17) is 5.73 Å². The Morgan fingerprint density at radius 3 is 2.42 bits per heavy atom. The van der Waals surface area contributed by atoms with Crippen molar-refractivity contribution in [3.8, 4) is 0 Å². The molecule has 19 heavy (non-hydrogen) atoms. The minimum absolute atomic E-state index is 0.193. The number of rotatable bonds is 6. The molecule has 1 amide bonds. The lowest BCUT2D eigenvalue weighted by molar-refractivity contribution is -0.132. The molecule has 3 nitrogen and oxygen atoms in total. The van der Waals surface area contributed by atoms with Gasteiger partial charge >= 0.3 is 0 Å². The van der Waals surface area contributed by atoms with Gasteiger partial charge in [-0.25, -0.2) is 0 Å². The molecule has 2 N–H and O–H groups in total. The van der Waals surface area contributed by atoms with Crippen molar-refractivity contribution < 1.29 is 4.79 Å². The van der Waals surface area contributed by atoms with E-state index >= 15 is 0 Å². The largest absolute Gasteiger partial charge is 0.335 e. The fraction of sp³-hybridized carbons (Fsp3) is 0.562. The third-order valence-corrected chi connectivity index (χ3v) is 3.67. The average Bonchev–Trinajstić information content (AvgIpc) is 3.21. The highest BCUT2D eigenvalue weighted by Crippen LogP contribution is 2.29. The van der Waals surface area contributed by atoms with Gasteiger partial charge in [-0.2, -0.15) is 0 Å². The van der Waals surface area contributed by atoms with Crippen molar-refractivity contribution >= 4 is 5.91 Å². The summed E-state index contributed by atoms with van der Waals surface area (Å²) in [6.45, 7) is 5.54. The van der Waals surface area contributed by atoms with E-state index in [1.54, 1.807) is 0 Å². The van der Waals surface area contributed by atoms with Crippen LogP contribution < -0.4 is 5.73 Å². The van der Waals surface area contributed by atoms with Crippen LogP contribution in [0.1, 0.15) is 50.2 Å². The van der Waals surface area contributed by atoms with Crippen LogP contribution in [0.5, 0.6) is 0 Å². The molecule has 104 valence electrons. The summed E-state index contributed by atoms with van der Waals surface area (Å²) < 4.78 is 0. The van der Waals surface area contributed by atoms with E-state index in [0.717, 1.165) is 19.4 Å². The molecule has 2 rings (SSSR count). The minimum atomic E-state index is 0.193. The van der Waals surface area contributed by atoms with Crippen LogP contribution >= 0.6 is 0 Å². The summed E-state index contributed by atoms with van der Waals surface area (Å²) in [6.07, 6.45) is 2.74. The Bertz CT molecular complexity index is 421. The fourth-order valence-electron chi connectivity index (χ4n) is 2.28. The van der Waals surface area contributed by atoms with Gasteiger partial charge in [0.1, 0.15) is 0 Å². The standard InChI is InChI=1S/C16H24N2O/c1-12(2)14-5-3-13(4-6-14)11-18(15-7-8-15)16(19)9-10-17/h3-6,12,15H,7-11,17H2,1-2H3. The highest BCUT2D eigenvalue weighted by Gasteiger charge is 2.31. The van der Waals surface area contributed by atoms with Crippen molar-refractivity contribution in [3.05, 3.63) is 35.4 Å². The highest BCUT2D eigenvalue weighted by molar-refractivity contribution is 5.77. The summed E-state index contributed by atoms with van der Waals surface area (Å²) in [5, 5.41) is 0. The molecule has 1 fully saturated rings. The molecule has 0 unspecified atom stereocenters. The molecule has 0 bridgehead atoms. The molecule has 0 atom stereocenters. The predicted octanol–water partition coefficient (Wildman–Crippen LogP) is 2.65. The van der Waals surface area contributed by atoms with Crippen LogP contribution in [-0.2, 0) is 11.3 Å². The lowest BCUT2D eigenvalue weighted by Crippen LogP contribution is -2.33. The Morgan fingerprint density at radius 2 is 1.95 bits per heavy atom. The van der Waals surface area contributed by atoms with Gasteiger partial charge in [-0.15, -0.1) is 0 Å². The van der Waals surface area contributed by atoms with E-state index in [2.05, 4.69) is 38.1 Å². The van der Waals surface area contributed by atoms with Crippen molar-refractivity contribution in [2.24, 2.45) is 5.73 Å². The van der Waals surface area contributed by atoms with Gasteiger partial charge < -0.3 is 10.6 Å². The van der Waals surface area contributed by atoms with Gasteiger partial charge in [0.15, 0.2) is 0 Å². The van der Waals surface area contributed by atoms with Crippen molar-refractivity contribution in [2.45, 2.75) is 51.6 Å². The number of nitrogens with two attached hydrogens (primary N) is 1. The second kappa shape index (κ2) is 6.20. The first-order valence-electron chi connectivity index (χ1n) is 7.20. The second-order valence-electron chi connectivity index (χ2n) is 5.69. The van der Waals surface area contributed by atoms with Crippen molar-refractivity contribution in [1.82, 2.24) is 4.90 Å². The van der Waals surface area contributed by atoms with E-state index in [1.165, 1.54) is 11.1 Å². The normalized spacial score (nSPS) is 14.7. The fourth-order valence-corrected chi connectivity index (χ4v) is 2.28. The van der Waals surface area contributed by atoms with E-state index in [9.17, 15) is 4.79 Å². The topological polar surface area (TPSA) is 46.3 Å². The monoisotopic (exact) mass is 260 g/mol. The first-order chi connectivity index (χ1) is 9.11. The van der Waals surface area contributed by atoms with Crippen LogP contribution in [0.15, 0.2) is 24.3 Å². The molecule has 0 heterocycles. The Hall–Kier alpha value is -1.35. The molecule has 0 spiro atoms. The SMILES string of the molecule is CC(C)c1ccc(CN(C(=O)CCN)C2CC2)cc1. The number of carbonyl (C=O) groups excluding carboxylic acids is 1. The summed E-state index contributed by atoms with van der Waals surface area (Å²) in [6, 6.07) is 9.06.